The number of hydrogen-bond acceptors (Lipinski definition) is 2. The Balaban J connectivity index is 1.46. The molecule has 6 heteroatoms. The van der Waals surface area contributed by atoms with E-state index in [1.807, 2.05) is 36.4 Å². The van der Waals surface area contributed by atoms with E-state index in [4.69, 9.17) is 0 Å². The normalized spacial score (nSPS) is 32.5. The molecule has 33 heavy (non-hydrogen) atoms. The molecule has 1 N–H and O–H groups in total. The van der Waals surface area contributed by atoms with Crippen LogP contribution in [0.3, 0.4) is 0 Å². The van der Waals surface area contributed by atoms with Gasteiger partial charge in [-0.1, -0.05) is 42.5 Å². The molecule has 2 bridgehead atoms. The highest BCUT2D eigenvalue weighted by Crippen LogP contribution is 2.48. The molecule has 3 nitrogen and oxygen atoms in total. The molecule has 0 spiro atoms. The van der Waals surface area contributed by atoms with Gasteiger partial charge in [0.25, 0.3) is 0 Å². The van der Waals surface area contributed by atoms with Gasteiger partial charge in [-0.3, -0.25) is 4.98 Å². The van der Waals surface area contributed by atoms with Crippen molar-refractivity contribution < 1.29 is 22.8 Å². The number of fused-ring (bicyclic) bond motifs is 4. The monoisotopic (exact) mass is 455 g/mol. The van der Waals surface area contributed by atoms with Gasteiger partial charge in [0.1, 0.15) is 12.1 Å². The summed E-state index contributed by atoms with van der Waals surface area (Å²) in [4.78, 5) is 4.44. The van der Waals surface area contributed by atoms with Crippen LogP contribution in [0.25, 0.3) is 10.9 Å². The number of pyridine rings is 1. The highest BCUT2D eigenvalue weighted by Gasteiger charge is 2.54. The molecule has 2 aromatic rings. The summed E-state index contributed by atoms with van der Waals surface area (Å²) in [7, 11) is 0. The van der Waals surface area contributed by atoms with Crippen molar-refractivity contribution in [2.45, 2.75) is 37.6 Å². The van der Waals surface area contributed by atoms with Crippen LogP contribution >= 0.6 is 0 Å². The Morgan fingerprint density at radius 1 is 1.24 bits per heavy atom. The highest BCUT2D eigenvalue weighted by molar-refractivity contribution is 5.82. The van der Waals surface area contributed by atoms with E-state index in [0.717, 1.165) is 53.4 Å². The largest absolute Gasteiger partial charge is 0.416 e. The predicted octanol–water partition coefficient (Wildman–Crippen LogP) is 5.74. The summed E-state index contributed by atoms with van der Waals surface area (Å²) in [6.07, 6.45) is 5.47. The van der Waals surface area contributed by atoms with Gasteiger partial charge < -0.3 is 9.59 Å². The molecule has 0 radical (unpaired) electrons. The second-order valence-corrected chi connectivity index (χ2v) is 9.93. The van der Waals surface area contributed by atoms with Gasteiger partial charge in [-0.05, 0) is 30.0 Å². The fourth-order valence-corrected chi connectivity index (χ4v) is 6.48. The average Bonchev–Trinajstić information content (AvgIpc) is 2.83. The number of allylic oxidation sites excluding steroid dienone is 3. The maximum atomic E-state index is 13.1. The Morgan fingerprint density at radius 3 is 2.79 bits per heavy atom. The van der Waals surface area contributed by atoms with Crippen molar-refractivity contribution in [2.75, 3.05) is 19.6 Å². The second kappa shape index (κ2) is 8.41. The summed E-state index contributed by atoms with van der Waals surface area (Å²) in [5.74, 6) is 0.902. The van der Waals surface area contributed by atoms with Gasteiger partial charge in [0.05, 0.1) is 30.7 Å². The second-order valence-electron chi connectivity index (χ2n) is 9.93. The molecule has 1 aliphatic carbocycles. The third-order valence-corrected chi connectivity index (χ3v) is 8.16. The quantitative estimate of drug-likeness (QED) is 0.460. The summed E-state index contributed by atoms with van der Waals surface area (Å²) in [5, 5.41) is 12.7. The molecule has 4 heterocycles. The van der Waals surface area contributed by atoms with Crippen LogP contribution in [0.5, 0.6) is 0 Å². The number of nitrogens with zero attached hydrogens (tertiary/aromatic N) is 2. The minimum Gasteiger partial charge on any atom is -0.382 e. The van der Waals surface area contributed by atoms with Gasteiger partial charge >= 0.3 is 6.18 Å². The van der Waals surface area contributed by atoms with Gasteiger partial charge in [-0.2, -0.15) is 13.2 Å². The minimum absolute atomic E-state index is 0.00662. The molecule has 3 fully saturated rings. The molecule has 174 valence electrons. The fraction of sp³-hybridized carbons (Fsp3) is 0.444. The summed E-state index contributed by atoms with van der Waals surface area (Å²) >= 11 is 0. The smallest absolute Gasteiger partial charge is 0.382 e. The average molecular weight is 456 g/mol. The zero-order chi connectivity index (χ0) is 23.2. The summed E-state index contributed by atoms with van der Waals surface area (Å²) in [5.41, 5.74) is 1.20. The van der Waals surface area contributed by atoms with Crippen LogP contribution in [0.1, 0.15) is 30.9 Å². The topological polar surface area (TPSA) is 33.1 Å². The molecule has 3 aliphatic heterocycles. The SMILES string of the molecule is C=C[C@H]1C[N+]2(CC3C=CC(C(F)(F)F)=CC3)CC[C@H]1C[C@H]2[C@H](O)c1ccnc2ccccc12. The third kappa shape index (κ3) is 4.04. The summed E-state index contributed by atoms with van der Waals surface area (Å²) in [6, 6.07) is 9.78. The fourth-order valence-electron chi connectivity index (χ4n) is 6.48. The van der Waals surface area contributed by atoms with E-state index in [-0.39, 0.29) is 12.0 Å². The standard InChI is InChI=1S/C27H30F3N2O/c1-2-19-17-32(16-18-7-9-21(10-8-18)27(28,29)30)14-12-20(19)15-25(32)26(33)23-11-13-31-24-6-4-3-5-22(23)24/h2-7,9-11,13,18-20,25-26,33H,1,8,12,14-17H2/q+1/t18?,19-,20-,25-,26+,32?/m0/s1. The van der Waals surface area contributed by atoms with Gasteiger partial charge in [0.15, 0.2) is 0 Å². The first-order valence-corrected chi connectivity index (χ1v) is 11.8. The Kier molecular flexibility index (Phi) is 5.69. The maximum Gasteiger partial charge on any atom is 0.416 e. The van der Waals surface area contributed by atoms with E-state index in [9.17, 15) is 18.3 Å². The number of aliphatic hydroxyl groups is 1. The number of para-hydroxylation sites is 1. The lowest BCUT2D eigenvalue weighted by atomic mass is 9.70. The molecule has 0 saturated carbocycles. The first-order valence-electron chi connectivity index (χ1n) is 11.8. The van der Waals surface area contributed by atoms with Crippen LogP contribution in [0, 0.1) is 17.8 Å². The van der Waals surface area contributed by atoms with Crippen molar-refractivity contribution in [3.63, 3.8) is 0 Å². The number of aliphatic hydroxyl groups excluding tert-OH is 1. The van der Waals surface area contributed by atoms with Crippen LogP contribution < -0.4 is 0 Å². The Morgan fingerprint density at radius 2 is 2.06 bits per heavy atom. The Bertz CT molecular complexity index is 1100. The van der Waals surface area contributed by atoms with E-state index in [1.54, 1.807) is 12.3 Å². The maximum absolute atomic E-state index is 13.1. The molecular formula is C27H30F3N2O+. The van der Waals surface area contributed by atoms with Crippen molar-refractivity contribution in [1.82, 2.24) is 4.98 Å². The predicted molar refractivity (Wildman–Crippen MR) is 123 cm³/mol. The zero-order valence-electron chi connectivity index (χ0n) is 18.6. The van der Waals surface area contributed by atoms with Crippen molar-refractivity contribution in [2.24, 2.45) is 17.8 Å². The lowest BCUT2D eigenvalue weighted by Crippen LogP contribution is -2.69. The highest BCUT2D eigenvalue weighted by atomic mass is 19.4. The Hall–Kier alpha value is -2.44. The van der Waals surface area contributed by atoms with Crippen LogP contribution in [0.2, 0.25) is 0 Å². The van der Waals surface area contributed by atoms with E-state index in [2.05, 4.69) is 11.6 Å². The van der Waals surface area contributed by atoms with Crippen molar-refractivity contribution in [3.8, 4) is 0 Å². The minimum atomic E-state index is -4.30. The van der Waals surface area contributed by atoms with Gasteiger partial charge in [-0.15, -0.1) is 6.58 Å². The number of benzene rings is 1. The molecule has 0 amide bonds. The first kappa shape index (κ1) is 22.4. The summed E-state index contributed by atoms with van der Waals surface area (Å²) < 4.78 is 40.0. The number of alkyl halides is 3. The van der Waals surface area contributed by atoms with E-state index < -0.39 is 17.9 Å². The molecule has 1 aromatic heterocycles. The van der Waals surface area contributed by atoms with Gasteiger partial charge in [-0.25, -0.2) is 0 Å². The lowest BCUT2D eigenvalue weighted by molar-refractivity contribution is -0.975. The van der Waals surface area contributed by atoms with Crippen molar-refractivity contribution in [3.05, 3.63) is 78.5 Å². The number of hydrogen-bond donors (Lipinski definition) is 1. The van der Waals surface area contributed by atoms with Crippen LogP contribution in [-0.2, 0) is 0 Å². The first-order chi connectivity index (χ1) is 15.8. The molecule has 2 unspecified atom stereocenters. The molecular weight excluding hydrogens is 425 g/mol. The zero-order valence-corrected chi connectivity index (χ0v) is 18.6. The summed E-state index contributed by atoms with van der Waals surface area (Å²) in [6.45, 7) is 6.63. The van der Waals surface area contributed by atoms with Crippen molar-refractivity contribution in [1.29, 1.82) is 0 Å². The Labute approximate surface area is 192 Å². The van der Waals surface area contributed by atoms with E-state index in [1.165, 1.54) is 12.2 Å². The number of halogens is 3. The van der Waals surface area contributed by atoms with Crippen LogP contribution in [0.15, 0.2) is 73.0 Å². The number of piperidine rings is 3. The molecule has 6 rings (SSSR count). The van der Waals surface area contributed by atoms with Crippen LogP contribution in [0.4, 0.5) is 13.2 Å². The van der Waals surface area contributed by atoms with E-state index >= 15 is 0 Å². The molecule has 6 atom stereocenters. The third-order valence-electron chi connectivity index (χ3n) is 8.16. The molecule has 3 saturated heterocycles. The number of aromatic nitrogens is 1. The molecule has 1 aromatic carbocycles. The molecule has 4 aliphatic rings. The van der Waals surface area contributed by atoms with Gasteiger partial charge in [0.2, 0.25) is 0 Å². The number of quaternary nitrogens is 1. The van der Waals surface area contributed by atoms with E-state index in [0.29, 0.717) is 18.3 Å². The lowest BCUT2D eigenvalue weighted by Gasteiger charge is -2.59. The van der Waals surface area contributed by atoms with Gasteiger partial charge in [0, 0.05) is 36.3 Å². The van der Waals surface area contributed by atoms with Crippen LogP contribution in [-0.4, -0.2) is 46.4 Å². The number of rotatable bonds is 5. The van der Waals surface area contributed by atoms with Crippen molar-refractivity contribution >= 4 is 10.9 Å².